The van der Waals surface area contributed by atoms with E-state index >= 15 is 0 Å². The van der Waals surface area contributed by atoms with Crippen LogP contribution < -0.4 is 15.0 Å². The Bertz CT molecular complexity index is 1310. The summed E-state index contributed by atoms with van der Waals surface area (Å²) in [4.78, 5) is 26.0. The summed E-state index contributed by atoms with van der Waals surface area (Å²) in [5.74, 6) is 0.277. The molecular weight excluding hydrogens is 473 g/mol. The van der Waals surface area contributed by atoms with Gasteiger partial charge in [0, 0.05) is 30.4 Å². The van der Waals surface area contributed by atoms with Gasteiger partial charge in [0.2, 0.25) is 11.8 Å². The number of nitrogens with one attached hydrogen (secondary N) is 1. The van der Waals surface area contributed by atoms with Gasteiger partial charge in [0.1, 0.15) is 5.56 Å². The van der Waals surface area contributed by atoms with Crippen LogP contribution >= 0.6 is 23.2 Å². The predicted octanol–water partition coefficient (Wildman–Crippen LogP) is 5.39. The number of ether oxygens (including phenoxy) is 1. The van der Waals surface area contributed by atoms with Crippen molar-refractivity contribution in [3.8, 4) is 5.88 Å². The number of anilines is 3. The Balaban J connectivity index is 1.28. The smallest absolute Gasteiger partial charge is 0.268 e. The van der Waals surface area contributed by atoms with E-state index in [2.05, 4.69) is 45.4 Å². The van der Waals surface area contributed by atoms with Gasteiger partial charge in [-0.25, -0.2) is 4.98 Å². The van der Waals surface area contributed by atoms with E-state index in [0.717, 1.165) is 18.8 Å². The fourth-order valence-corrected chi connectivity index (χ4v) is 5.73. The van der Waals surface area contributed by atoms with Crippen LogP contribution in [0.2, 0.25) is 10.0 Å². The molecule has 2 aromatic carbocycles. The number of fused-ring (bicyclic) bond motifs is 3. The number of aromatic nitrogens is 2. The van der Waals surface area contributed by atoms with Crippen LogP contribution in [0.3, 0.4) is 0 Å². The van der Waals surface area contributed by atoms with Gasteiger partial charge >= 0.3 is 0 Å². The molecule has 1 amide bonds. The minimum absolute atomic E-state index is 0.226. The van der Waals surface area contributed by atoms with E-state index in [4.69, 9.17) is 27.9 Å². The maximum atomic E-state index is 13.3. The van der Waals surface area contributed by atoms with Crippen LogP contribution in [-0.2, 0) is 12.0 Å². The molecule has 9 heteroatoms. The minimum Gasteiger partial charge on any atom is -0.453 e. The molecule has 34 heavy (non-hydrogen) atoms. The van der Waals surface area contributed by atoms with Crippen LogP contribution in [-0.4, -0.2) is 40.6 Å². The first-order valence-corrected chi connectivity index (χ1v) is 12.0. The lowest BCUT2D eigenvalue weighted by atomic mass is 9.87. The third kappa shape index (κ3) is 3.50. The Morgan fingerprint density at radius 2 is 1.94 bits per heavy atom. The first-order chi connectivity index (χ1) is 16.3. The molecule has 6 rings (SSSR count). The summed E-state index contributed by atoms with van der Waals surface area (Å²) in [5.41, 5.74) is 4.70. The lowest BCUT2D eigenvalue weighted by molar-refractivity contribution is 0.0867. The molecule has 1 spiro atoms. The van der Waals surface area contributed by atoms with E-state index < -0.39 is 6.23 Å². The second-order valence-electron chi connectivity index (χ2n) is 9.32. The Labute approximate surface area is 207 Å². The van der Waals surface area contributed by atoms with Gasteiger partial charge in [-0.15, -0.1) is 0 Å². The summed E-state index contributed by atoms with van der Waals surface area (Å²) in [5, 5.41) is 4.00. The largest absolute Gasteiger partial charge is 0.453 e. The highest BCUT2D eigenvalue weighted by atomic mass is 35.5. The monoisotopic (exact) mass is 495 g/mol. The first-order valence-electron chi connectivity index (χ1n) is 11.2. The van der Waals surface area contributed by atoms with Gasteiger partial charge < -0.3 is 15.0 Å². The molecule has 3 heterocycles. The SMILES string of the molecule is CC1Oc2nc(Nc3ccc4c(c3)CN(C)CC43CC3)ncc2C(=O)N1c1c(Cl)cccc1Cl. The van der Waals surface area contributed by atoms with Crippen LogP contribution in [0.4, 0.5) is 17.3 Å². The molecule has 1 aliphatic carbocycles. The van der Waals surface area contributed by atoms with Crippen molar-refractivity contribution in [1.29, 1.82) is 0 Å². The maximum absolute atomic E-state index is 13.3. The molecule has 0 saturated heterocycles. The Hall–Kier alpha value is -2.87. The number of nitrogens with zero attached hydrogens (tertiary/aromatic N) is 4. The topological polar surface area (TPSA) is 70.6 Å². The number of amides is 1. The number of hydrogen-bond donors (Lipinski definition) is 1. The molecule has 1 unspecified atom stereocenters. The van der Waals surface area contributed by atoms with Crippen molar-refractivity contribution in [3.05, 3.63) is 69.3 Å². The summed E-state index contributed by atoms with van der Waals surface area (Å²) < 4.78 is 5.99. The van der Waals surface area contributed by atoms with Crippen molar-refractivity contribution in [1.82, 2.24) is 14.9 Å². The van der Waals surface area contributed by atoms with Crippen molar-refractivity contribution in [2.75, 3.05) is 23.8 Å². The molecule has 1 fully saturated rings. The fraction of sp³-hybridized carbons (Fsp3) is 0.320. The van der Waals surface area contributed by atoms with Gasteiger partial charge in [0.15, 0.2) is 6.23 Å². The molecule has 0 bridgehead atoms. The molecule has 174 valence electrons. The molecular formula is C25H23Cl2N5O2. The van der Waals surface area contributed by atoms with Crippen LogP contribution in [0.25, 0.3) is 0 Å². The molecule has 1 atom stereocenters. The highest BCUT2D eigenvalue weighted by Gasteiger charge is 2.48. The van der Waals surface area contributed by atoms with Crippen LogP contribution in [0, 0.1) is 0 Å². The Kier molecular flexibility index (Phi) is 4.99. The van der Waals surface area contributed by atoms with Crippen LogP contribution in [0.5, 0.6) is 5.88 Å². The third-order valence-electron chi connectivity index (χ3n) is 6.83. The molecule has 3 aliphatic rings. The predicted molar refractivity (Wildman–Crippen MR) is 132 cm³/mol. The van der Waals surface area contributed by atoms with E-state index in [9.17, 15) is 4.79 Å². The second kappa shape index (κ2) is 7.83. The van der Waals surface area contributed by atoms with E-state index in [1.54, 1.807) is 25.1 Å². The van der Waals surface area contributed by atoms with Gasteiger partial charge in [-0.05, 0) is 62.2 Å². The number of benzene rings is 2. The zero-order valence-corrected chi connectivity index (χ0v) is 20.3. The van der Waals surface area contributed by atoms with Crippen molar-refractivity contribution in [2.24, 2.45) is 0 Å². The fourth-order valence-electron chi connectivity index (χ4n) is 5.15. The van der Waals surface area contributed by atoms with Gasteiger partial charge in [-0.2, -0.15) is 4.98 Å². The second-order valence-corrected chi connectivity index (χ2v) is 10.1. The zero-order valence-electron chi connectivity index (χ0n) is 18.8. The van der Waals surface area contributed by atoms with E-state index in [-0.39, 0.29) is 17.4 Å². The lowest BCUT2D eigenvalue weighted by Gasteiger charge is -2.34. The maximum Gasteiger partial charge on any atom is 0.268 e. The quantitative estimate of drug-likeness (QED) is 0.525. The van der Waals surface area contributed by atoms with E-state index in [0.29, 0.717) is 27.1 Å². The summed E-state index contributed by atoms with van der Waals surface area (Å²) >= 11 is 12.7. The van der Waals surface area contributed by atoms with Crippen molar-refractivity contribution in [2.45, 2.75) is 38.0 Å². The molecule has 0 radical (unpaired) electrons. The molecule has 2 aliphatic heterocycles. The van der Waals surface area contributed by atoms with Crippen LogP contribution in [0.15, 0.2) is 42.6 Å². The molecule has 1 N–H and O–H groups in total. The standard InChI is InChI=1S/C25H23Cl2N5O2/c1-14-32(21-19(26)4-3-5-20(21)27)23(33)17-11-28-24(30-22(17)34-14)29-16-6-7-18-15(10-16)12-31(2)13-25(18)8-9-25/h3-7,10-11,14H,8-9,12-13H2,1-2H3,(H,28,29,30). The first kappa shape index (κ1) is 21.6. The van der Waals surface area contributed by atoms with E-state index in [1.807, 2.05) is 0 Å². The van der Waals surface area contributed by atoms with Gasteiger partial charge in [-0.1, -0.05) is 35.3 Å². The molecule has 1 saturated carbocycles. The highest BCUT2D eigenvalue weighted by Crippen LogP contribution is 2.52. The summed E-state index contributed by atoms with van der Waals surface area (Å²) in [7, 11) is 2.17. The Morgan fingerprint density at radius 3 is 2.68 bits per heavy atom. The van der Waals surface area contributed by atoms with Gasteiger partial charge in [0.25, 0.3) is 5.91 Å². The van der Waals surface area contributed by atoms with Crippen molar-refractivity contribution >= 4 is 46.4 Å². The number of carbonyl (C=O) groups excluding carboxylic acids is 1. The van der Waals surface area contributed by atoms with Gasteiger partial charge in [-0.3, -0.25) is 9.69 Å². The lowest BCUT2D eigenvalue weighted by Crippen LogP contribution is -2.46. The molecule has 3 aromatic rings. The average molecular weight is 496 g/mol. The number of rotatable bonds is 3. The number of likely N-dealkylation sites (N-methyl/N-ethyl adjacent to an activating group) is 1. The number of hydrogen-bond acceptors (Lipinski definition) is 6. The summed E-state index contributed by atoms with van der Waals surface area (Å²) in [6, 6.07) is 11.6. The van der Waals surface area contributed by atoms with Crippen molar-refractivity contribution < 1.29 is 9.53 Å². The number of para-hydroxylation sites is 1. The van der Waals surface area contributed by atoms with Crippen LogP contribution in [0.1, 0.15) is 41.3 Å². The minimum atomic E-state index is -0.644. The number of carbonyl (C=O) groups is 1. The van der Waals surface area contributed by atoms with E-state index in [1.165, 1.54) is 35.1 Å². The average Bonchev–Trinajstić information content (AvgIpc) is 3.54. The Morgan fingerprint density at radius 1 is 1.18 bits per heavy atom. The third-order valence-corrected chi connectivity index (χ3v) is 7.44. The summed E-state index contributed by atoms with van der Waals surface area (Å²) in [6.07, 6.45) is 3.34. The van der Waals surface area contributed by atoms with Crippen molar-refractivity contribution in [3.63, 3.8) is 0 Å². The molecule has 1 aromatic heterocycles. The van der Waals surface area contributed by atoms with Gasteiger partial charge in [0.05, 0.1) is 15.7 Å². The normalized spacial score (nSPS) is 20.5. The zero-order chi connectivity index (χ0) is 23.6. The highest BCUT2D eigenvalue weighted by molar-refractivity contribution is 6.40. The number of halogens is 2. The molecule has 7 nitrogen and oxygen atoms in total. The summed E-state index contributed by atoms with van der Waals surface area (Å²) in [6.45, 7) is 3.80.